The largest absolute Gasteiger partial charge is 0.337 e. The van der Waals surface area contributed by atoms with E-state index < -0.39 is 0 Å². The van der Waals surface area contributed by atoms with E-state index in [4.69, 9.17) is 0 Å². The molecule has 0 N–H and O–H groups in total. The summed E-state index contributed by atoms with van der Waals surface area (Å²) in [4.78, 5) is 16.8. The average molecular weight is 176 g/mol. The van der Waals surface area contributed by atoms with Gasteiger partial charge in [0.2, 0.25) is 6.41 Å². The minimum atomic E-state index is 0.127. The quantitative estimate of drug-likeness (QED) is 0.601. The fourth-order valence-corrected chi connectivity index (χ4v) is 1.78. The standard InChI is InChI=1S/C10H12N2O/c1-8-10-9(3-2-5-11-10)4-6-12(8)7-13/h2-3,5,7-8H,4,6H2,1H3. The Morgan fingerprint density at radius 1 is 1.69 bits per heavy atom. The fraction of sp³-hybridized carbons (Fsp3) is 0.400. The van der Waals surface area contributed by atoms with Crippen LogP contribution in [0.5, 0.6) is 0 Å². The number of nitrogens with zero attached hydrogens (tertiary/aromatic N) is 2. The SMILES string of the molecule is CC1c2ncccc2CCN1C=O. The highest BCUT2D eigenvalue weighted by Crippen LogP contribution is 2.25. The minimum Gasteiger partial charge on any atom is -0.337 e. The molecule has 2 heterocycles. The highest BCUT2D eigenvalue weighted by atomic mass is 16.1. The molecule has 0 aromatic carbocycles. The lowest BCUT2D eigenvalue weighted by atomic mass is 10.00. The number of pyridine rings is 1. The molecule has 1 aromatic heterocycles. The van der Waals surface area contributed by atoms with E-state index in [1.165, 1.54) is 5.56 Å². The molecule has 2 rings (SSSR count). The van der Waals surface area contributed by atoms with E-state index >= 15 is 0 Å². The van der Waals surface area contributed by atoms with Gasteiger partial charge in [-0.25, -0.2) is 0 Å². The van der Waals surface area contributed by atoms with Crippen LogP contribution in [0.25, 0.3) is 0 Å². The van der Waals surface area contributed by atoms with Gasteiger partial charge >= 0.3 is 0 Å². The van der Waals surface area contributed by atoms with Gasteiger partial charge in [0.25, 0.3) is 0 Å². The van der Waals surface area contributed by atoms with E-state index in [2.05, 4.69) is 11.1 Å². The zero-order chi connectivity index (χ0) is 9.26. The van der Waals surface area contributed by atoms with Crippen molar-refractivity contribution in [1.29, 1.82) is 0 Å². The third-order valence-corrected chi connectivity index (χ3v) is 2.59. The first kappa shape index (κ1) is 8.23. The molecule has 68 valence electrons. The van der Waals surface area contributed by atoms with Crippen molar-refractivity contribution in [2.75, 3.05) is 6.54 Å². The second-order valence-corrected chi connectivity index (χ2v) is 3.32. The molecule has 3 heteroatoms. The molecule has 0 saturated carbocycles. The molecule has 1 aromatic rings. The number of carbonyl (C=O) groups is 1. The molecule has 1 atom stereocenters. The first-order valence-corrected chi connectivity index (χ1v) is 4.48. The van der Waals surface area contributed by atoms with Gasteiger partial charge in [0, 0.05) is 12.7 Å². The number of fused-ring (bicyclic) bond motifs is 1. The van der Waals surface area contributed by atoms with Crippen LogP contribution in [0.4, 0.5) is 0 Å². The molecule has 0 spiro atoms. The van der Waals surface area contributed by atoms with Gasteiger partial charge in [0.1, 0.15) is 0 Å². The second kappa shape index (κ2) is 3.17. The molecule has 0 aliphatic carbocycles. The molecule has 1 amide bonds. The Morgan fingerprint density at radius 2 is 2.54 bits per heavy atom. The fourth-order valence-electron chi connectivity index (χ4n) is 1.78. The molecule has 1 aliphatic heterocycles. The Bertz CT molecular complexity index is 324. The van der Waals surface area contributed by atoms with Crippen LogP contribution in [0, 0.1) is 0 Å². The van der Waals surface area contributed by atoms with E-state index in [-0.39, 0.29) is 6.04 Å². The van der Waals surface area contributed by atoms with Crippen molar-refractivity contribution in [2.24, 2.45) is 0 Å². The third kappa shape index (κ3) is 1.30. The lowest BCUT2D eigenvalue weighted by Gasteiger charge is -2.30. The van der Waals surface area contributed by atoms with Gasteiger partial charge in [-0.1, -0.05) is 6.07 Å². The third-order valence-electron chi connectivity index (χ3n) is 2.59. The monoisotopic (exact) mass is 176 g/mol. The van der Waals surface area contributed by atoms with Gasteiger partial charge in [0.15, 0.2) is 0 Å². The van der Waals surface area contributed by atoms with E-state index in [0.29, 0.717) is 0 Å². The Balaban J connectivity index is 2.38. The summed E-state index contributed by atoms with van der Waals surface area (Å²) in [6, 6.07) is 4.16. The number of hydrogen-bond donors (Lipinski definition) is 0. The lowest BCUT2D eigenvalue weighted by Crippen LogP contribution is -2.33. The van der Waals surface area contributed by atoms with E-state index in [0.717, 1.165) is 25.1 Å². The van der Waals surface area contributed by atoms with Gasteiger partial charge in [-0.2, -0.15) is 0 Å². The van der Waals surface area contributed by atoms with Crippen molar-refractivity contribution >= 4 is 6.41 Å². The Labute approximate surface area is 77.4 Å². The summed E-state index contributed by atoms with van der Waals surface area (Å²) >= 11 is 0. The van der Waals surface area contributed by atoms with E-state index in [1.807, 2.05) is 13.0 Å². The predicted octanol–water partition coefficient (Wildman–Crippen LogP) is 1.16. The topological polar surface area (TPSA) is 33.2 Å². The van der Waals surface area contributed by atoms with Crippen LogP contribution in [0.2, 0.25) is 0 Å². The molecular formula is C10H12N2O. The van der Waals surface area contributed by atoms with Gasteiger partial charge in [-0.3, -0.25) is 9.78 Å². The second-order valence-electron chi connectivity index (χ2n) is 3.32. The first-order chi connectivity index (χ1) is 6.33. The predicted molar refractivity (Wildman–Crippen MR) is 49.1 cm³/mol. The van der Waals surface area contributed by atoms with Crippen molar-refractivity contribution in [3.8, 4) is 0 Å². The summed E-state index contributed by atoms with van der Waals surface area (Å²) in [5.41, 5.74) is 2.31. The number of rotatable bonds is 1. The summed E-state index contributed by atoms with van der Waals surface area (Å²) < 4.78 is 0. The first-order valence-electron chi connectivity index (χ1n) is 4.48. The normalized spacial score (nSPS) is 21.0. The molecule has 0 saturated heterocycles. The molecule has 3 nitrogen and oxygen atoms in total. The summed E-state index contributed by atoms with van der Waals surface area (Å²) in [7, 11) is 0. The molecule has 0 fully saturated rings. The maximum absolute atomic E-state index is 10.7. The Hall–Kier alpha value is -1.38. The van der Waals surface area contributed by atoms with Gasteiger partial charge < -0.3 is 4.90 Å². The summed E-state index contributed by atoms with van der Waals surface area (Å²) in [6.07, 6.45) is 3.61. The van der Waals surface area contributed by atoms with Crippen molar-refractivity contribution in [3.63, 3.8) is 0 Å². The average Bonchev–Trinajstić information content (AvgIpc) is 2.19. The molecule has 1 aliphatic rings. The van der Waals surface area contributed by atoms with Crippen molar-refractivity contribution in [1.82, 2.24) is 9.88 Å². The molecule has 1 unspecified atom stereocenters. The zero-order valence-electron chi connectivity index (χ0n) is 7.60. The van der Waals surface area contributed by atoms with Gasteiger partial charge in [-0.05, 0) is 25.0 Å². The number of carbonyl (C=O) groups excluding carboxylic acids is 1. The maximum Gasteiger partial charge on any atom is 0.210 e. The number of amides is 1. The summed E-state index contributed by atoms with van der Waals surface area (Å²) in [5.74, 6) is 0. The van der Waals surface area contributed by atoms with E-state index in [1.54, 1.807) is 11.1 Å². The van der Waals surface area contributed by atoms with Crippen LogP contribution < -0.4 is 0 Å². The minimum absolute atomic E-state index is 0.127. The molecular weight excluding hydrogens is 164 g/mol. The van der Waals surface area contributed by atoms with Crippen LogP contribution >= 0.6 is 0 Å². The maximum atomic E-state index is 10.7. The van der Waals surface area contributed by atoms with Crippen molar-refractivity contribution in [2.45, 2.75) is 19.4 Å². The van der Waals surface area contributed by atoms with Crippen LogP contribution in [-0.4, -0.2) is 22.8 Å². The number of aromatic nitrogens is 1. The van der Waals surface area contributed by atoms with Gasteiger partial charge in [0.05, 0.1) is 11.7 Å². The smallest absolute Gasteiger partial charge is 0.210 e. The van der Waals surface area contributed by atoms with Crippen molar-refractivity contribution in [3.05, 3.63) is 29.6 Å². The molecule has 0 bridgehead atoms. The summed E-state index contributed by atoms with van der Waals surface area (Å²) in [6.45, 7) is 2.82. The van der Waals surface area contributed by atoms with Crippen LogP contribution in [0.1, 0.15) is 24.2 Å². The number of hydrogen-bond acceptors (Lipinski definition) is 2. The van der Waals surface area contributed by atoms with Crippen LogP contribution in [0.3, 0.4) is 0 Å². The highest BCUT2D eigenvalue weighted by Gasteiger charge is 2.22. The van der Waals surface area contributed by atoms with Crippen molar-refractivity contribution < 1.29 is 4.79 Å². The summed E-state index contributed by atoms with van der Waals surface area (Å²) in [5, 5.41) is 0. The van der Waals surface area contributed by atoms with E-state index in [9.17, 15) is 4.79 Å². The van der Waals surface area contributed by atoms with Gasteiger partial charge in [-0.15, -0.1) is 0 Å². The van der Waals surface area contributed by atoms with Crippen LogP contribution in [0.15, 0.2) is 18.3 Å². The zero-order valence-corrected chi connectivity index (χ0v) is 7.60. The molecule has 0 radical (unpaired) electrons. The molecule has 13 heavy (non-hydrogen) atoms. The van der Waals surface area contributed by atoms with Crippen LogP contribution in [-0.2, 0) is 11.2 Å². The highest BCUT2D eigenvalue weighted by molar-refractivity contribution is 5.50. The lowest BCUT2D eigenvalue weighted by molar-refractivity contribution is -0.120. The Morgan fingerprint density at radius 3 is 3.31 bits per heavy atom. The Kier molecular flexibility index (Phi) is 2.00.